The molecule has 0 aromatic carbocycles. The van der Waals surface area contributed by atoms with Gasteiger partial charge >= 0.3 is 8.80 Å². The molecule has 0 heterocycles. The highest BCUT2D eigenvalue weighted by atomic mass is 28.4. The predicted octanol–water partition coefficient (Wildman–Crippen LogP) is 6.14. The molecule has 0 spiro atoms. The van der Waals surface area contributed by atoms with Crippen LogP contribution in [0.1, 0.15) is 111 Å². The van der Waals surface area contributed by atoms with Crippen molar-refractivity contribution >= 4 is 14.8 Å². The molecule has 6 nitrogen and oxygen atoms in total. The topological polar surface area (TPSA) is 55.3 Å². The van der Waals surface area contributed by atoms with Crippen molar-refractivity contribution in [2.24, 2.45) is 4.99 Å². The highest BCUT2D eigenvalue weighted by Gasteiger charge is 2.40. The van der Waals surface area contributed by atoms with Gasteiger partial charge in [0, 0.05) is 45.0 Å². The zero-order valence-corrected chi connectivity index (χ0v) is 23.2. The van der Waals surface area contributed by atoms with E-state index in [4.69, 9.17) is 18.3 Å². The van der Waals surface area contributed by atoms with Gasteiger partial charge in [-0.1, -0.05) is 51.9 Å². The van der Waals surface area contributed by atoms with Crippen molar-refractivity contribution in [1.82, 2.24) is 10.2 Å². The summed E-state index contributed by atoms with van der Waals surface area (Å²) in [5.74, 6) is 1.17. The van der Waals surface area contributed by atoms with Gasteiger partial charge in [0.25, 0.3) is 0 Å². The molecule has 0 amide bonds. The van der Waals surface area contributed by atoms with Gasteiger partial charge in [-0.2, -0.15) is 0 Å². The van der Waals surface area contributed by atoms with E-state index in [0.29, 0.717) is 31.9 Å². The second-order valence-electron chi connectivity index (χ2n) is 9.65. The van der Waals surface area contributed by atoms with Crippen LogP contribution in [-0.4, -0.2) is 64.7 Å². The number of unbranched alkanes of at least 4 members (excludes halogenated alkanes) is 1. The van der Waals surface area contributed by atoms with Crippen LogP contribution in [-0.2, 0) is 13.3 Å². The van der Waals surface area contributed by atoms with Crippen LogP contribution in [0.25, 0.3) is 0 Å². The predicted molar refractivity (Wildman–Crippen MR) is 141 cm³/mol. The fraction of sp³-hybridized carbons (Fsp3) is 0.962. The van der Waals surface area contributed by atoms with Crippen LogP contribution < -0.4 is 5.32 Å². The lowest BCUT2D eigenvalue weighted by molar-refractivity contribution is 0.0703. The van der Waals surface area contributed by atoms with Crippen LogP contribution in [0.5, 0.6) is 0 Å². The lowest BCUT2D eigenvalue weighted by Gasteiger charge is -2.34. The van der Waals surface area contributed by atoms with Crippen molar-refractivity contribution in [3.63, 3.8) is 0 Å². The molecular weight excluding hydrogens is 430 g/mol. The third-order valence-electron chi connectivity index (χ3n) is 6.90. The summed E-state index contributed by atoms with van der Waals surface area (Å²) in [4.78, 5) is 7.89. The third-order valence-corrected chi connectivity index (χ3v) is 10.1. The number of guanidine groups is 1. The molecule has 7 heteroatoms. The van der Waals surface area contributed by atoms with E-state index in [2.05, 4.69) is 17.1 Å². The highest BCUT2D eigenvalue weighted by molar-refractivity contribution is 6.60. The van der Waals surface area contributed by atoms with Crippen molar-refractivity contribution in [2.45, 2.75) is 129 Å². The normalized spacial score (nSPS) is 19.1. The Morgan fingerprint density at radius 2 is 1.33 bits per heavy atom. The summed E-state index contributed by atoms with van der Waals surface area (Å²) in [6.07, 6.45) is 16.5. The summed E-state index contributed by atoms with van der Waals surface area (Å²) < 4.78 is 18.3. The van der Waals surface area contributed by atoms with E-state index >= 15 is 0 Å². The van der Waals surface area contributed by atoms with Gasteiger partial charge in [-0.15, -0.1) is 0 Å². The SMILES string of the molecule is CCCCN(CCC[Si](OCC)(OCC)OCC)C(=NC1CCCCC1)NC1CCCCC1. The zero-order chi connectivity index (χ0) is 23.8. The minimum Gasteiger partial charge on any atom is -0.374 e. The molecule has 0 atom stereocenters. The molecule has 2 saturated carbocycles. The molecular formula is C26H53N3O3Si. The molecule has 33 heavy (non-hydrogen) atoms. The number of nitrogens with zero attached hydrogens (tertiary/aromatic N) is 2. The number of aliphatic imine (C=N–C) groups is 1. The monoisotopic (exact) mass is 483 g/mol. The van der Waals surface area contributed by atoms with Crippen molar-refractivity contribution < 1.29 is 13.3 Å². The summed E-state index contributed by atoms with van der Waals surface area (Å²) in [6, 6.07) is 1.93. The molecule has 2 fully saturated rings. The van der Waals surface area contributed by atoms with Gasteiger partial charge in [0.15, 0.2) is 5.96 Å². The second kappa shape index (κ2) is 16.9. The van der Waals surface area contributed by atoms with E-state index in [1.54, 1.807) is 0 Å². The molecule has 2 rings (SSSR count). The molecule has 1 N–H and O–H groups in total. The van der Waals surface area contributed by atoms with Gasteiger partial charge < -0.3 is 23.5 Å². The summed E-state index contributed by atoms with van der Waals surface area (Å²) >= 11 is 0. The quantitative estimate of drug-likeness (QED) is 0.172. The average Bonchev–Trinajstić information content (AvgIpc) is 2.83. The maximum Gasteiger partial charge on any atom is 0.500 e. The first-order chi connectivity index (χ1) is 16.2. The van der Waals surface area contributed by atoms with E-state index in [9.17, 15) is 0 Å². The average molecular weight is 484 g/mol. The Kier molecular flexibility index (Phi) is 14.7. The standard InChI is InChI=1S/C26H53N3O3Si/c1-5-9-21-29(22-16-23-33(30-6-2,31-7-3)32-8-4)26(27-24-17-12-10-13-18-24)28-25-19-14-11-15-20-25/h24-25H,5-23H2,1-4H3,(H,27,28). The van der Waals surface area contributed by atoms with Crippen molar-refractivity contribution in [3.8, 4) is 0 Å². The minimum absolute atomic E-state index is 0.484. The number of hydrogen-bond donors (Lipinski definition) is 1. The maximum atomic E-state index is 6.11. The lowest BCUT2D eigenvalue weighted by Crippen LogP contribution is -2.49. The first kappa shape index (κ1) is 28.6. The maximum absolute atomic E-state index is 6.11. The Balaban J connectivity index is 2.11. The molecule has 0 aromatic heterocycles. The Hall–Kier alpha value is -0.633. The first-order valence-electron chi connectivity index (χ1n) is 14.2. The van der Waals surface area contributed by atoms with Gasteiger partial charge in [-0.25, -0.2) is 4.99 Å². The summed E-state index contributed by atoms with van der Waals surface area (Å²) in [5, 5.41) is 3.93. The molecule has 194 valence electrons. The minimum atomic E-state index is -2.60. The van der Waals surface area contributed by atoms with Gasteiger partial charge in [-0.05, 0) is 59.3 Å². The summed E-state index contributed by atoms with van der Waals surface area (Å²) in [5.41, 5.74) is 0. The lowest BCUT2D eigenvalue weighted by atomic mass is 9.95. The Bertz CT molecular complexity index is 506. The molecule has 0 aromatic rings. The van der Waals surface area contributed by atoms with Crippen molar-refractivity contribution in [3.05, 3.63) is 0 Å². The summed E-state index contributed by atoms with van der Waals surface area (Å²) in [6.45, 7) is 12.4. The Morgan fingerprint density at radius 1 is 0.788 bits per heavy atom. The Labute approximate surface area is 205 Å². The van der Waals surface area contributed by atoms with Crippen LogP contribution in [0, 0.1) is 0 Å². The van der Waals surface area contributed by atoms with Crippen LogP contribution in [0.2, 0.25) is 6.04 Å². The van der Waals surface area contributed by atoms with E-state index in [-0.39, 0.29) is 0 Å². The van der Waals surface area contributed by atoms with Gasteiger partial charge in [0.2, 0.25) is 0 Å². The van der Waals surface area contributed by atoms with Gasteiger partial charge in [0.05, 0.1) is 6.04 Å². The number of hydrogen-bond acceptors (Lipinski definition) is 4. The number of nitrogens with one attached hydrogen (secondary N) is 1. The van der Waals surface area contributed by atoms with E-state index in [1.165, 1.54) is 83.0 Å². The molecule has 0 radical (unpaired) electrons. The summed E-state index contributed by atoms with van der Waals surface area (Å²) in [7, 11) is -2.60. The fourth-order valence-electron chi connectivity index (χ4n) is 5.18. The van der Waals surface area contributed by atoms with Gasteiger partial charge in [0.1, 0.15) is 0 Å². The van der Waals surface area contributed by atoms with Crippen LogP contribution in [0.4, 0.5) is 0 Å². The molecule has 0 aliphatic heterocycles. The van der Waals surface area contributed by atoms with E-state index in [0.717, 1.165) is 25.6 Å². The number of rotatable bonds is 15. The molecule has 0 saturated heterocycles. The Morgan fingerprint density at radius 3 is 1.88 bits per heavy atom. The van der Waals surface area contributed by atoms with Crippen molar-refractivity contribution in [2.75, 3.05) is 32.9 Å². The van der Waals surface area contributed by atoms with E-state index in [1.807, 2.05) is 20.8 Å². The fourth-order valence-corrected chi connectivity index (χ4v) is 7.78. The smallest absolute Gasteiger partial charge is 0.374 e. The molecule has 0 unspecified atom stereocenters. The highest BCUT2D eigenvalue weighted by Crippen LogP contribution is 2.23. The van der Waals surface area contributed by atoms with Crippen LogP contribution in [0.15, 0.2) is 4.99 Å². The first-order valence-corrected chi connectivity index (χ1v) is 16.1. The van der Waals surface area contributed by atoms with Crippen LogP contribution >= 0.6 is 0 Å². The van der Waals surface area contributed by atoms with Crippen molar-refractivity contribution in [1.29, 1.82) is 0 Å². The molecule has 0 bridgehead atoms. The van der Waals surface area contributed by atoms with Crippen LogP contribution in [0.3, 0.4) is 0 Å². The molecule has 2 aliphatic carbocycles. The third kappa shape index (κ3) is 10.7. The zero-order valence-electron chi connectivity index (χ0n) is 22.2. The van der Waals surface area contributed by atoms with E-state index < -0.39 is 8.80 Å². The largest absolute Gasteiger partial charge is 0.500 e. The van der Waals surface area contributed by atoms with Gasteiger partial charge in [-0.3, -0.25) is 0 Å². The second-order valence-corrected chi connectivity index (χ2v) is 12.4. The molecule has 2 aliphatic rings.